The van der Waals surface area contributed by atoms with Crippen LogP contribution in [0.4, 0.5) is 10.5 Å². The summed E-state index contributed by atoms with van der Waals surface area (Å²) in [5.74, 6) is -0.182. The maximum Gasteiger partial charge on any atom is 0.316 e. The minimum absolute atomic E-state index is 0.0397. The predicted octanol–water partition coefficient (Wildman–Crippen LogP) is 3.60. The Morgan fingerprint density at radius 2 is 1.77 bits per heavy atom. The van der Waals surface area contributed by atoms with Crippen LogP contribution in [0.25, 0.3) is 5.57 Å². The molecule has 3 N–H and O–H groups in total. The van der Waals surface area contributed by atoms with Crippen molar-refractivity contribution < 1.29 is 14.7 Å². The zero-order chi connectivity index (χ0) is 22.2. The molecule has 0 radical (unpaired) electrons. The van der Waals surface area contributed by atoms with E-state index >= 15 is 0 Å². The van der Waals surface area contributed by atoms with E-state index in [2.05, 4.69) is 4.90 Å². The Bertz CT molecular complexity index is 1060. The summed E-state index contributed by atoms with van der Waals surface area (Å²) in [5.41, 5.74) is 7.80. The smallest absolute Gasteiger partial charge is 0.316 e. The minimum atomic E-state index is -1.18. The summed E-state index contributed by atoms with van der Waals surface area (Å²) in [6, 6.07) is 18.9. The molecule has 0 aliphatic carbocycles. The standard InChI is InChI=1S/C24H25N3O3S/c1-24(2,30)15-27(23(25)29)22-20(28)19-18(16-9-5-3-6-10-16)13-14-26(21(19)31-22)17-11-7-4-8-12-17/h3-13,22,30H,14-15H2,1-2H3,(H2,25,29). The van der Waals surface area contributed by atoms with Crippen molar-refractivity contribution in [3.05, 3.63) is 82.9 Å². The molecule has 2 aromatic carbocycles. The zero-order valence-electron chi connectivity index (χ0n) is 17.5. The number of carbonyl (C=O) groups is 2. The van der Waals surface area contributed by atoms with Crippen LogP contribution in [0.15, 0.2) is 77.3 Å². The molecule has 0 saturated heterocycles. The number of carbonyl (C=O) groups excluding carboxylic acids is 2. The summed E-state index contributed by atoms with van der Waals surface area (Å²) >= 11 is 1.31. The number of nitrogens with two attached hydrogens (primary N) is 1. The molecule has 31 heavy (non-hydrogen) atoms. The van der Waals surface area contributed by atoms with Crippen LogP contribution in [0.5, 0.6) is 0 Å². The summed E-state index contributed by atoms with van der Waals surface area (Å²) < 4.78 is 0. The fourth-order valence-electron chi connectivity index (χ4n) is 3.87. The van der Waals surface area contributed by atoms with Crippen LogP contribution in [0.2, 0.25) is 0 Å². The number of nitrogens with zero attached hydrogens (tertiary/aromatic N) is 2. The van der Waals surface area contributed by atoms with Crippen LogP contribution in [0, 0.1) is 0 Å². The number of primary amides is 1. The molecular weight excluding hydrogens is 410 g/mol. The normalized spacial score (nSPS) is 18.7. The average Bonchev–Trinajstić information content (AvgIpc) is 3.09. The Hall–Kier alpha value is -3.03. The molecule has 0 fully saturated rings. The van der Waals surface area contributed by atoms with Crippen molar-refractivity contribution in [1.82, 2.24) is 4.90 Å². The molecule has 1 unspecified atom stereocenters. The van der Waals surface area contributed by atoms with E-state index in [9.17, 15) is 14.7 Å². The first kappa shape index (κ1) is 21.2. The highest BCUT2D eigenvalue weighted by Crippen LogP contribution is 2.47. The molecule has 7 heteroatoms. The Morgan fingerprint density at radius 3 is 2.35 bits per heavy atom. The van der Waals surface area contributed by atoms with Gasteiger partial charge in [0.1, 0.15) is 5.37 Å². The molecule has 2 amide bonds. The van der Waals surface area contributed by atoms with E-state index in [-0.39, 0.29) is 12.3 Å². The number of benzene rings is 2. The van der Waals surface area contributed by atoms with Gasteiger partial charge in [0.15, 0.2) is 5.78 Å². The van der Waals surface area contributed by atoms with Gasteiger partial charge in [-0.2, -0.15) is 0 Å². The van der Waals surface area contributed by atoms with Gasteiger partial charge < -0.3 is 20.6 Å². The number of aliphatic hydroxyl groups is 1. The van der Waals surface area contributed by atoms with Crippen LogP contribution in [-0.2, 0) is 4.79 Å². The number of rotatable bonds is 5. The second-order valence-corrected chi connectivity index (χ2v) is 9.29. The largest absolute Gasteiger partial charge is 0.389 e. The Balaban J connectivity index is 1.77. The Labute approximate surface area is 186 Å². The molecule has 0 spiro atoms. The molecule has 0 saturated carbocycles. The summed E-state index contributed by atoms with van der Waals surface area (Å²) in [7, 11) is 0. The van der Waals surface area contributed by atoms with Crippen LogP contribution < -0.4 is 10.6 Å². The van der Waals surface area contributed by atoms with Gasteiger partial charge in [0.25, 0.3) is 0 Å². The van der Waals surface area contributed by atoms with Crippen molar-refractivity contribution >= 4 is 34.8 Å². The first-order valence-corrected chi connectivity index (χ1v) is 11.0. The maximum absolute atomic E-state index is 13.7. The number of thioether (sulfide) groups is 1. The summed E-state index contributed by atoms with van der Waals surface area (Å²) in [6.07, 6.45) is 2.05. The highest BCUT2D eigenvalue weighted by atomic mass is 32.2. The van der Waals surface area contributed by atoms with Crippen LogP contribution in [0.1, 0.15) is 19.4 Å². The first-order valence-electron chi connectivity index (χ1n) is 10.1. The third-order valence-corrected chi connectivity index (χ3v) is 6.52. The number of amides is 2. The van der Waals surface area contributed by atoms with Crippen LogP contribution >= 0.6 is 11.8 Å². The molecule has 2 aliphatic rings. The van der Waals surface area contributed by atoms with E-state index < -0.39 is 17.0 Å². The second-order valence-electron chi connectivity index (χ2n) is 8.22. The van der Waals surface area contributed by atoms with E-state index in [1.54, 1.807) is 13.8 Å². The first-order chi connectivity index (χ1) is 14.8. The third kappa shape index (κ3) is 4.24. The van der Waals surface area contributed by atoms with Crippen molar-refractivity contribution in [3.8, 4) is 0 Å². The van der Waals surface area contributed by atoms with Crippen molar-refractivity contribution in [2.45, 2.75) is 24.8 Å². The van der Waals surface area contributed by atoms with E-state index in [1.807, 2.05) is 66.7 Å². The fraction of sp³-hybridized carbons (Fsp3) is 0.250. The average molecular weight is 436 g/mol. The molecular formula is C24H25N3O3S. The van der Waals surface area contributed by atoms with Gasteiger partial charge in [-0.1, -0.05) is 66.4 Å². The SMILES string of the molecule is CC(C)(O)CN(C(N)=O)C1SC2=C(C1=O)C(c1ccccc1)=CCN2c1ccccc1. The van der Waals surface area contributed by atoms with Gasteiger partial charge in [0.05, 0.1) is 22.7 Å². The predicted molar refractivity (Wildman–Crippen MR) is 124 cm³/mol. The lowest BCUT2D eigenvalue weighted by Crippen LogP contribution is -2.51. The third-order valence-electron chi connectivity index (χ3n) is 5.18. The molecule has 0 bridgehead atoms. The van der Waals surface area contributed by atoms with Crippen LogP contribution in [0.3, 0.4) is 0 Å². The van der Waals surface area contributed by atoms with Crippen molar-refractivity contribution in [2.75, 3.05) is 18.0 Å². The summed E-state index contributed by atoms with van der Waals surface area (Å²) in [5, 5.41) is 10.3. The lowest BCUT2D eigenvalue weighted by atomic mass is 9.92. The van der Waals surface area contributed by atoms with Gasteiger partial charge in [0.2, 0.25) is 0 Å². The summed E-state index contributed by atoms with van der Waals surface area (Å²) in [6.45, 7) is 3.74. The molecule has 0 aromatic heterocycles. The van der Waals surface area contributed by atoms with Gasteiger partial charge in [-0.05, 0) is 37.1 Å². The number of para-hydroxylation sites is 1. The number of ketones is 1. The van der Waals surface area contributed by atoms with E-state index in [1.165, 1.54) is 16.7 Å². The zero-order valence-corrected chi connectivity index (χ0v) is 18.3. The number of hydrogen-bond donors (Lipinski definition) is 2. The number of allylic oxidation sites excluding steroid dienone is 1. The molecule has 4 rings (SSSR count). The lowest BCUT2D eigenvalue weighted by molar-refractivity contribution is -0.117. The Morgan fingerprint density at radius 1 is 1.16 bits per heavy atom. The van der Waals surface area contributed by atoms with Crippen molar-refractivity contribution in [2.24, 2.45) is 5.73 Å². The van der Waals surface area contributed by atoms with E-state index in [4.69, 9.17) is 5.73 Å². The number of hydrogen-bond acceptors (Lipinski definition) is 5. The molecule has 160 valence electrons. The monoisotopic (exact) mass is 435 g/mol. The number of urea groups is 1. The summed E-state index contributed by atoms with van der Waals surface area (Å²) in [4.78, 5) is 29.2. The van der Waals surface area contributed by atoms with Gasteiger partial charge >= 0.3 is 6.03 Å². The lowest BCUT2D eigenvalue weighted by Gasteiger charge is -2.32. The second kappa shape index (κ2) is 8.24. The molecule has 2 heterocycles. The Kier molecular flexibility index (Phi) is 5.64. The van der Waals surface area contributed by atoms with Crippen molar-refractivity contribution in [1.29, 1.82) is 0 Å². The fourth-order valence-corrected chi connectivity index (χ4v) is 5.25. The van der Waals surface area contributed by atoms with Crippen LogP contribution in [-0.4, -0.2) is 45.9 Å². The van der Waals surface area contributed by atoms with E-state index in [0.29, 0.717) is 12.1 Å². The topological polar surface area (TPSA) is 86.9 Å². The van der Waals surface area contributed by atoms with Gasteiger partial charge in [-0.25, -0.2) is 4.79 Å². The van der Waals surface area contributed by atoms with Gasteiger partial charge in [-0.15, -0.1) is 0 Å². The molecule has 2 aromatic rings. The molecule has 6 nitrogen and oxygen atoms in total. The highest BCUT2D eigenvalue weighted by molar-refractivity contribution is 8.05. The maximum atomic E-state index is 13.7. The van der Waals surface area contributed by atoms with Gasteiger partial charge in [-0.3, -0.25) is 4.79 Å². The van der Waals surface area contributed by atoms with E-state index in [0.717, 1.165) is 21.9 Å². The van der Waals surface area contributed by atoms with Crippen molar-refractivity contribution in [3.63, 3.8) is 0 Å². The molecule has 1 atom stereocenters. The number of anilines is 1. The number of Topliss-reactive ketones (excluding diaryl/α,β-unsaturated/α-hetero) is 1. The minimum Gasteiger partial charge on any atom is -0.389 e. The molecule has 2 aliphatic heterocycles. The van der Waals surface area contributed by atoms with Gasteiger partial charge in [0, 0.05) is 12.2 Å². The quantitative estimate of drug-likeness (QED) is 0.749. The highest BCUT2D eigenvalue weighted by Gasteiger charge is 2.45.